The molecule has 0 aliphatic carbocycles. The number of aryl methyl sites for hydroxylation is 1. The summed E-state index contributed by atoms with van der Waals surface area (Å²) in [6, 6.07) is 7.38. The molecule has 0 bridgehead atoms. The first-order valence-corrected chi connectivity index (χ1v) is 6.49. The summed E-state index contributed by atoms with van der Waals surface area (Å²) in [5.41, 5.74) is 2.94. The largest absolute Gasteiger partial charge is 0.255 e. The van der Waals surface area contributed by atoms with E-state index in [0.29, 0.717) is 10.0 Å². The van der Waals surface area contributed by atoms with Gasteiger partial charge in [0.2, 0.25) is 0 Å². The van der Waals surface area contributed by atoms with Gasteiger partial charge in [-0.25, -0.2) is 0 Å². The molecule has 0 saturated carbocycles. The first-order valence-electron chi connectivity index (χ1n) is 4.66. The molecule has 0 aliphatic heterocycles. The van der Waals surface area contributed by atoms with E-state index >= 15 is 0 Å². The van der Waals surface area contributed by atoms with Crippen molar-refractivity contribution in [2.45, 2.75) is 6.92 Å². The number of benzene rings is 1. The molecular formula is C12H8Cl2IN. The van der Waals surface area contributed by atoms with Crippen LogP contribution >= 0.6 is 45.8 Å². The van der Waals surface area contributed by atoms with Gasteiger partial charge >= 0.3 is 0 Å². The van der Waals surface area contributed by atoms with Crippen LogP contribution in [0, 0.1) is 10.5 Å². The van der Waals surface area contributed by atoms with E-state index in [4.69, 9.17) is 23.2 Å². The van der Waals surface area contributed by atoms with Crippen LogP contribution in [0.15, 0.2) is 30.5 Å². The van der Waals surface area contributed by atoms with Gasteiger partial charge in [-0.1, -0.05) is 23.2 Å². The highest BCUT2D eigenvalue weighted by Crippen LogP contribution is 2.32. The summed E-state index contributed by atoms with van der Waals surface area (Å²) in [4.78, 5) is 4.36. The van der Waals surface area contributed by atoms with Gasteiger partial charge in [-0.15, -0.1) is 0 Å². The minimum absolute atomic E-state index is 0.665. The van der Waals surface area contributed by atoms with Crippen molar-refractivity contribution in [3.8, 4) is 11.3 Å². The Morgan fingerprint density at radius 3 is 2.69 bits per heavy atom. The quantitative estimate of drug-likeness (QED) is 0.652. The van der Waals surface area contributed by atoms with Crippen molar-refractivity contribution in [1.82, 2.24) is 4.98 Å². The van der Waals surface area contributed by atoms with Crippen molar-refractivity contribution < 1.29 is 0 Å². The van der Waals surface area contributed by atoms with E-state index in [1.807, 2.05) is 19.1 Å². The van der Waals surface area contributed by atoms with Gasteiger partial charge in [0, 0.05) is 20.4 Å². The lowest BCUT2D eigenvalue weighted by Gasteiger charge is -2.08. The number of hydrogen-bond acceptors (Lipinski definition) is 1. The summed E-state index contributed by atoms with van der Waals surface area (Å²) in [5.74, 6) is 0. The van der Waals surface area contributed by atoms with E-state index in [0.717, 1.165) is 14.8 Å². The van der Waals surface area contributed by atoms with Crippen LogP contribution in [-0.4, -0.2) is 4.98 Å². The minimum atomic E-state index is 0.665. The Kier molecular flexibility index (Phi) is 3.72. The molecule has 0 saturated heterocycles. The van der Waals surface area contributed by atoms with E-state index < -0.39 is 0 Å². The molecule has 4 heteroatoms. The molecular weight excluding hydrogens is 356 g/mol. The van der Waals surface area contributed by atoms with E-state index in [1.54, 1.807) is 18.3 Å². The molecule has 2 aromatic rings. The highest BCUT2D eigenvalue weighted by Gasteiger charge is 2.10. The second-order valence-electron chi connectivity index (χ2n) is 3.41. The third-order valence-electron chi connectivity index (χ3n) is 2.27. The maximum Gasteiger partial charge on any atom is 0.0853 e. The second-order valence-corrected chi connectivity index (χ2v) is 5.34. The highest BCUT2D eigenvalue weighted by molar-refractivity contribution is 14.1. The molecule has 2 rings (SSSR count). The molecule has 0 unspecified atom stereocenters. The van der Waals surface area contributed by atoms with Crippen LogP contribution in [0.1, 0.15) is 5.56 Å². The molecule has 0 amide bonds. The van der Waals surface area contributed by atoms with Gasteiger partial charge in [-0.2, -0.15) is 0 Å². The molecule has 0 fully saturated rings. The van der Waals surface area contributed by atoms with Gasteiger partial charge in [0.1, 0.15) is 0 Å². The molecule has 1 aromatic heterocycles. The summed E-state index contributed by atoms with van der Waals surface area (Å²) in [7, 11) is 0. The number of nitrogens with zero attached hydrogens (tertiary/aromatic N) is 1. The van der Waals surface area contributed by atoms with E-state index in [1.165, 1.54) is 5.56 Å². The molecule has 16 heavy (non-hydrogen) atoms. The Morgan fingerprint density at radius 2 is 1.94 bits per heavy atom. The van der Waals surface area contributed by atoms with Gasteiger partial charge in [0.05, 0.1) is 10.7 Å². The topological polar surface area (TPSA) is 12.9 Å². The first kappa shape index (κ1) is 12.1. The van der Waals surface area contributed by atoms with Gasteiger partial charge in [0.15, 0.2) is 0 Å². The fourth-order valence-corrected chi connectivity index (χ4v) is 2.40. The van der Waals surface area contributed by atoms with Gasteiger partial charge < -0.3 is 0 Å². The van der Waals surface area contributed by atoms with Gasteiger partial charge in [-0.3, -0.25) is 4.98 Å². The molecule has 0 N–H and O–H groups in total. The molecule has 0 atom stereocenters. The number of halogens is 3. The van der Waals surface area contributed by atoms with Crippen LogP contribution in [0.5, 0.6) is 0 Å². The van der Waals surface area contributed by atoms with Crippen LogP contribution in [0.4, 0.5) is 0 Å². The minimum Gasteiger partial charge on any atom is -0.255 e. The van der Waals surface area contributed by atoms with Crippen molar-refractivity contribution in [3.05, 3.63) is 49.6 Å². The molecule has 0 radical (unpaired) electrons. The maximum atomic E-state index is 6.15. The van der Waals surface area contributed by atoms with Gasteiger partial charge in [-0.05, 0) is 59.3 Å². The molecule has 1 heterocycles. The summed E-state index contributed by atoms with van der Waals surface area (Å²) >= 11 is 14.4. The molecule has 1 aromatic carbocycles. The molecule has 0 aliphatic rings. The van der Waals surface area contributed by atoms with E-state index in [-0.39, 0.29) is 0 Å². The normalized spacial score (nSPS) is 10.5. The number of hydrogen-bond donors (Lipinski definition) is 0. The Balaban J connectivity index is 2.67. The van der Waals surface area contributed by atoms with E-state index in [2.05, 4.69) is 27.6 Å². The molecule has 1 nitrogen and oxygen atoms in total. The number of rotatable bonds is 1. The predicted molar refractivity (Wildman–Crippen MR) is 77.1 cm³/mol. The van der Waals surface area contributed by atoms with Crippen LogP contribution < -0.4 is 0 Å². The SMILES string of the molecule is Cc1ccnc(-c2cc(Cl)ccc2Cl)c1I. The number of pyridine rings is 1. The predicted octanol–water partition coefficient (Wildman–Crippen LogP) is 4.97. The monoisotopic (exact) mass is 363 g/mol. The van der Waals surface area contributed by atoms with Crippen molar-refractivity contribution in [2.24, 2.45) is 0 Å². The average molecular weight is 364 g/mol. The average Bonchev–Trinajstić information content (AvgIpc) is 2.26. The maximum absolute atomic E-state index is 6.15. The third-order valence-corrected chi connectivity index (χ3v) is 4.19. The lowest BCUT2D eigenvalue weighted by Crippen LogP contribution is -1.91. The summed E-state index contributed by atoms with van der Waals surface area (Å²) in [5, 5.41) is 1.33. The van der Waals surface area contributed by atoms with Crippen molar-refractivity contribution in [2.75, 3.05) is 0 Å². The first-order chi connectivity index (χ1) is 7.59. The second kappa shape index (κ2) is 4.90. The summed E-state index contributed by atoms with van der Waals surface area (Å²) in [6.45, 7) is 2.05. The standard InChI is InChI=1S/C12H8Cl2IN/c1-7-4-5-16-12(11(7)15)9-6-8(13)2-3-10(9)14/h2-6H,1H3. The van der Waals surface area contributed by atoms with Crippen LogP contribution in [0.2, 0.25) is 10.0 Å². The lowest BCUT2D eigenvalue weighted by molar-refractivity contribution is 1.26. The zero-order valence-electron chi connectivity index (χ0n) is 8.47. The van der Waals surface area contributed by atoms with Crippen LogP contribution in [0.25, 0.3) is 11.3 Å². The fraction of sp³-hybridized carbons (Fsp3) is 0.0833. The molecule has 0 spiro atoms. The Labute approximate surface area is 118 Å². The Bertz CT molecular complexity index is 541. The zero-order chi connectivity index (χ0) is 11.7. The van der Waals surface area contributed by atoms with Crippen molar-refractivity contribution >= 4 is 45.8 Å². The summed E-state index contributed by atoms with van der Waals surface area (Å²) in [6.07, 6.45) is 1.78. The van der Waals surface area contributed by atoms with Gasteiger partial charge in [0.25, 0.3) is 0 Å². The van der Waals surface area contributed by atoms with E-state index in [9.17, 15) is 0 Å². The molecule has 82 valence electrons. The third kappa shape index (κ3) is 2.34. The van der Waals surface area contributed by atoms with Crippen molar-refractivity contribution in [1.29, 1.82) is 0 Å². The summed E-state index contributed by atoms with van der Waals surface area (Å²) < 4.78 is 1.10. The Hall–Kier alpha value is -0.320. The fourth-order valence-electron chi connectivity index (χ4n) is 1.41. The Morgan fingerprint density at radius 1 is 1.19 bits per heavy atom. The van der Waals surface area contributed by atoms with Crippen molar-refractivity contribution in [3.63, 3.8) is 0 Å². The smallest absolute Gasteiger partial charge is 0.0853 e. The van der Waals surface area contributed by atoms with Crippen LogP contribution in [-0.2, 0) is 0 Å². The zero-order valence-corrected chi connectivity index (χ0v) is 12.1. The lowest BCUT2D eigenvalue weighted by atomic mass is 10.1. The number of aromatic nitrogens is 1. The highest BCUT2D eigenvalue weighted by atomic mass is 127. The van der Waals surface area contributed by atoms with Crippen LogP contribution in [0.3, 0.4) is 0 Å².